The summed E-state index contributed by atoms with van der Waals surface area (Å²) in [5.74, 6) is 0.0471. The molecule has 3 rings (SSSR count). The van der Waals surface area contributed by atoms with Gasteiger partial charge in [0.05, 0.1) is 12.2 Å². The highest BCUT2D eigenvalue weighted by Crippen LogP contribution is 2.29. The van der Waals surface area contributed by atoms with E-state index in [1.165, 1.54) is 11.0 Å². The van der Waals surface area contributed by atoms with Crippen molar-refractivity contribution in [2.45, 2.75) is 6.92 Å². The van der Waals surface area contributed by atoms with Crippen LogP contribution < -0.4 is 4.90 Å². The van der Waals surface area contributed by atoms with Gasteiger partial charge in [-0.2, -0.15) is 4.39 Å². The van der Waals surface area contributed by atoms with Crippen LogP contribution in [0.1, 0.15) is 5.56 Å². The smallest absolute Gasteiger partial charge is 0.229 e. The van der Waals surface area contributed by atoms with Crippen molar-refractivity contribution in [2.24, 2.45) is 4.99 Å². The molecule has 0 aromatic heterocycles. The third-order valence-electron chi connectivity index (χ3n) is 3.10. The maximum atomic E-state index is 13.9. The number of thiocarbonyl (C=S) groups is 1. The Hall–Kier alpha value is -1.86. The van der Waals surface area contributed by atoms with Crippen molar-refractivity contribution in [1.29, 1.82) is 0 Å². The van der Waals surface area contributed by atoms with Gasteiger partial charge < -0.3 is 0 Å². The van der Waals surface area contributed by atoms with Gasteiger partial charge in [0.25, 0.3) is 0 Å². The second-order valence-electron chi connectivity index (χ2n) is 4.57. The zero-order valence-electron chi connectivity index (χ0n) is 12.1. The van der Waals surface area contributed by atoms with Crippen LogP contribution in [0, 0.1) is 6.92 Å². The number of rotatable bonds is 1. The van der Waals surface area contributed by atoms with Crippen LogP contribution in [-0.2, 0) is 0 Å². The molecule has 0 N–H and O–H groups in total. The molecule has 0 saturated carbocycles. The van der Waals surface area contributed by atoms with Crippen molar-refractivity contribution in [3.05, 3.63) is 53.1 Å². The van der Waals surface area contributed by atoms with Crippen LogP contribution in [0.25, 0.3) is 0 Å². The number of benzene rings is 1. The summed E-state index contributed by atoms with van der Waals surface area (Å²) >= 11 is 11.3. The van der Waals surface area contributed by atoms with Crippen LogP contribution in [0.5, 0.6) is 0 Å². The molecule has 122 valence electrons. The summed E-state index contributed by atoms with van der Waals surface area (Å²) in [6, 6.07) is 5.55. The number of aliphatic imine (C=N–C) groups is 1. The number of alkyl halides is 2. The lowest BCUT2D eigenvalue weighted by atomic mass is 10.2. The van der Waals surface area contributed by atoms with Crippen LogP contribution in [-0.4, -0.2) is 29.3 Å². The third-order valence-corrected chi connectivity index (χ3v) is 3.83. The first kappa shape index (κ1) is 17.5. The van der Waals surface area contributed by atoms with Gasteiger partial charge in [0.2, 0.25) is 18.8 Å². The molecule has 1 aromatic carbocycles. The maximum absolute atomic E-state index is 13.9. The zero-order chi connectivity index (χ0) is 17.0. The first-order valence-corrected chi connectivity index (χ1v) is 7.38. The highest BCUT2D eigenvalue weighted by atomic mass is 35.5. The van der Waals surface area contributed by atoms with Crippen LogP contribution in [0.2, 0.25) is 5.02 Å². The van der Waals surface area contributed by atoms with Crippen molar-refractivity contribution >= 4 is 40.5 Å². The second kappa shape index (κ2) is 7.61. The lowest BCUT2D eigenvalue weighted by Gasteiger charge is -2.36. The summed E-state index contributed by atoms with van der Waals surface area (Å²) < 4.78 is 33.2. The van der Waals surface area contributed by atoms with Gasteiger partial charge in [-0.25, -0.2) is 13.8 Å². The summed E-state index contributed by atoms with van der Waals surface area (Å²) in [5, 5.41) is 0.681. The van der Waals surface area contributed by atoms with Crippen LogP contribution in [0.4, 0.5) is 18.9 Å². The Kier molecular flexibility index (Phi) is 5.79. The summed E-state index contributed by atoms with van der Waals surface area (Å²) in [4.78, 5) is 7.83. The Labute approximate surface area is 142 Å². The first-order chi connectivity index (χ1) is 11.0. The van der Waals surface area contributed by atoms with E-state index in [9.17, 15) is 13.2 Å². The maximum Gasteiger partial charge on any atom is 0.229 e. The largest absolute Gasteiger partial charge is 0.270 e. The minimum absolute atomic E-state index is 0.370. The third kappa shape index (κ3) is 3.73. The molecule has 0 aliphatic carbocycles. The minimum atomic E-state index is -1.75. The predicted octanol–water partition coefficient (Wildman–Crippen LogP) is 4.67. The Bertz CT molecular complexity index is 703. The lowest BCUT2D eigenvalue weighted by Crippen LogP contribution is -2.48. The average Bonchev–Trinajstić information content (AvgIpc) is 2.51. The van der Waals surface area contributed by atoms with E-state index in [2.05, 4.69) is 4.99 Å². The predicted molar refractivity (Wildman–Crippen MR) is 90.8 cm³/mol. The van der Waals surface area contributed by atoms with Crippen LogP contribution in [0.3, 0.4) is 0 Å². The molecule has 0 spiro atoms. The Morgan fingerprint density at radius 3 is 2.70 bits per heavy atom. The van der Waals surface area contributed by atoms with Crippen molar-refractivity contribution in [1.82, 2.24) is 4.90 Å². The standard InChI is InChI=1S/C14H11ClFN3S.CH2F2/c1-9-7-10(3-4-11(9)15)19-13(20)8-12(16)18-6-2-5-17-14(18)19;2-1-3/h2-4,6-8H,5H2,1H3;1H2. The van der Waals surface area contributed by atoms with Crippen molar-refractivity contribution < 1.29 is 13.2 Å². The fourth-order valence-electron chi connectivity index (χ4n) is 2.12. The number of aryl methyl sites for hydroxylation is 1. The first-order valence-electron chi connectivity index (χ1n) is 6.59. The number of nitrogens with zero attached hydrogens (tertiary/aromatic N) is 3. The molecule has 2 aliphatic rings. The molecule has 8 heteroatoms. The van der Waals surface area contributed by atoms with Gasteiger partial charge in [-0.05, 0) is 36.8 Å². The molecule has 23 heavy (non-hydrogen) atoms. The Balaban J connectivity index is 0.000000595. The highest BCUT2D eigenvalue weighted by Gasteiger charge is 2.30. The molecule has 0 radical (unpaired) electrons. The molecular weight excluding hydrogens is 347 g/mol. The van der Waals surface area contributed by atoms with E-state index < -0.39 is 12.9 Å². The number of hydrogen-bond donors (Lipinski definition) is 0. The molecule has 0 amide bonds. The van der Waals surface area contributed by atoms with Gasteiger partial charge in [0.15, 0.2) is 0 Å². The molecule has 0 unspecified atom stereocenters. The number of guanidine groups is 1. The topological polar surface area (TPSA) is 18.8 Å². The number of anilines is 1. The fraction of sp³-hybridized carbons (Fsp3) is 0.200. The van der Waals surface area contributed by atoms with Crippen molar-refractivity contribution in [3.63, 3.8) is 0 Å². The normalized spacial score (nSPS) is 16.3. The van der Waals surface area contributed by atoms with E-state index in [4.69, 9.17) is 23.8 Å². The summed E-state index contributed by atoms with van der Waals surface area (Å²) in [7, 11) is 0. The van der Waals surface area contributed by atoms with Crippen molar-refractivity contribution in [3.8, 4) is 0 Å². The average molecular weight is 360 g/mol. The Morgan fingerprint density at radius 1 is 1.35 bits per heavy atom. The van der Waals surface area contributed by atoms with Gasteiger partial charge >= 0.3 is 0 Å². The van der Waals surface area contributed by atoms with Gasteiger partial charge in [0.1, 0.15) is 4.99 Å². The van der Waals surface area contributed by atoms with Crippen LogP contribution >= 0.6 is 23.8 Å². The van der Waals surface area contributed by atoms with Gasteiger partial charge in [-0.1, -0.05) is 23.8 Å². The zero-order valence-corrected chi connectivity index (χ0v) is 13.7. The SMILES string of the molecule is Cc1cc(N2C(=S)C=C(F)N3C=CCN=C32)ccc1Cl.FCF. The number of hydrogen-bond acceptors (Lipinski definition) is 3. The molecule has 1 aromatic rings. The summed E-state index contributed by atoms with van der Waals surface area (Å²) in [6.45, 7) is 0.667. The number of fused-ring (bicyclic) bond motifs is 1. The monoisotopic (exact) mass is 359 g/mol. The fourth-order valence-corrected chi connectivity index (χ4v) is 2.52. The minimum Gasteiger partial charge on any atom is -0.270 e. The van der Waals surface area contributed by atoms with Gasteiger partial charge in [0, 0.05) is 17.3 Å². The van der Waals surface area contributed by atoms with E-state index in [1.807, 2.05) is 19.1 Å². The molecule has 0 saturated heterocycles. The van der Waals surface area contributed by atoms with E-state index in [0.29, 0.717) is 22.5 Å². The highest BCUT2D eigenvalue weighted by molar-refractivity contribution is 7.81. The molecular formula is C15H13ClF3N3S. The molecule has 0 bridgehead atoms. The lowest BCUT2D eigenvalue weighted by molar-refractivity contribution is 0.295. The van der Waals surface area contributed by atoms with E-state index >= 15 is 0 Å². The quantitative estimate of drug-likeness (QED) is 0.536. The van der Waals surface area contributed by atoms with Gasteiger partial charge in [-0.3, -0.25) is 9.80 Å². The Morgan fingerprint density at radius 2 is 2.04 bits per heavy atom. The molecule has 2 aliphatic heterocycles. The van der Waals surface area contributed by atoms with E-state index in [0.717, 1.165) is 11.3 Å². The molecule has 3 nitrogen and oxygen atoms in total. The second-order valence-corrected chi connectivity index (χ2v) is 5.40. The molecule has 2 heterocycles. The molecule has 0 fully saturated rings. The summed E-state index contributed by atoms with van der Waals surface area (Å²) in [6.07, 6.45) is 4.76. The summed E-state index contributed by atoms with van der Waals surface area (Å²) in [5.41, 5.74) is 1.75. The van der Waals surface area contributed by atoms with Gasteiger partial charge in [-0.15, -0.1) is 0 Å². The van der Waals surface area contributed by atoms with E-state index in [-0.39, 0.29) is 0 Å². The van der Waals surface area contributed by atoms with Crippen LogP contribution in [0.15, 0.2) is 47.5 Å². The molecule has 0 atom stereocenters. The number of halogens is 4. The van der Waals surface area contributed by atoms with Crippen molar-refractivity contribution in [2.75, 3.05) is 18.4 Å². The van der Waals surface area contributed by atoms with E-state index in [1.54, 1.807) is 23.2 Å².